The lowest BCUT2D eigenvalue weighted by molar-refractivity contribution is -0.117. The zero-order valence-corrected chi connectivity index (χ0v) is 39.7. The molecule has 0 bridgehead atoms. The van der Waals surface area contributed by atoms with Gasteiger partial charge in [0.2, 0.25) is 11.8 Å². The van der Waals surface area contributed by atoms with Crippen LogP contribution in [0.4, 0.5) is 11.4 Å². The van der Waals surface area contributed by atoms with Gasteiger partial charge in [-0.25, -0.2) is 0 Å². The zero-order valence-electron chi connectivity index (χ0n) is 31.1. The Kier molecular flexibility index (Phi) is 22.4. The molecule has 12 N–H and O–H groups in total. The van der Waals surface area contributed by atoms with E-state index in [1.807, 2.05) is 0 Å². The molecule has 24 heteroatoms. The van der Waals surface area contributed by atoms with Gasteiger partial charge in [0.15, 0.2) is 0 Å². The van der Waals surface area contributed by atoms with E-state index >= 15 is 0 Å². The highest BCUT2D eigenvalue weighted by molar-refractivity contribution is 14.1. The number of nitrogens with one attached hydrogen (secondary N) is 4. The van der Waals surface area contributed by atoms with Crippen LogP contribution >= 0.6 is 90.4 Å². The van der Waals surface area contributed by atoms with Crippen LogP contribution in [-0.2, 0) is 9.59 Å². The molecule has 58 heavy (non-hydrogen) atoms. The van der Waals surface area contributed by atoms with Gasteiger partial charge in [-0.2, -0.15) is 0 Å². The molecule has 2 aromatic rings. The molecule has 2 rings (SSSR count). The van der Waals surface area contributed by atoms with Crippen molar-refractivity contribution < 1.29 is 69.6 Å². The van der Waals surface area contributed by atoms with Crippen molar-refractivity contribution in [3.8, 4) is 11.1 Å². The summed E-state index contributed by atoms with van der Waals surface area (Å²) in [6.45, 7) is -3.96. The smallest absolute Gasteiger partial charge is 0.253 e. The molecular formula is C34H44I4N6O14. The third-order valence-corrected chi connectivity index (χ3v) is 12.2. The van der Waals surface area contributed by atoms with E-state index in [4.69, 9.17) is 0 Å². The molecule has 2 atom stereocenters. The van der Waals surface area contributed by atoms with Crippen molar-refractivity contribution in [2.24, 2.45) is 0 Å². The van der Waals surface area contributed by atoms with E-state index in [9.17, 15) is 69.6 Å². The molecule has 0 fully saturated rings. The van der Waals surface area contributed by atoms with Gasteiger partial charge in [0.05, 0.1) is 113 Å². The van der Waals surface area contributed by atoms with Crippen molar-refractivity contribution in [2.45, 2.75) is 26.1 Å². The Morgan fingerprint density at radius 2 is 0.707 bits per heavy atom. The van der Waals surface area contributed by atoms with Crippen molar-refractivity contribution >= 4 is 137 Å². The Morgan fingerprint density at radius 3 is 0.879 bits per heavy atom. The fraction of sp³-hybridized carbons (Fsp3) is 0.471. The summed E-state index contributed by atoms with van der Waals surface area (Å²) in [4.78, 5) is 86.4. The summed E-state index contributed by atoms with van der Waals surface area (Å²) in [7, 11) is 0. The molecule has 322 valence electrons. The lowest BCUT2D eigenvalue weighted by Crippen LogP contribution is -2.41. The van der Waals surface area contributed by atoms with Crippen LogP contribution in [0, 0.1) is 14.3 Å². The predicted molar refractivity (Wildman–Crippen MR) is 243 cm³/mol. The van der Waals surface area contributed by atoms with Crippen LogP contribution in [0.15, 0.2) is 0 Å². The van der Waals surface area contributed by atoms with E-state index in [2.05, 4.69) is 21.3 Å². The first-order valence-electron chi connectivity index (χ1n) is 17.2. The van der Waals surface area contributed by atoms with Crippen LogP contribution in [-0.4, -0.2) is 167 Å². The minimum absolute atomic E-state index is 0.0690. The molecule has 2 unspecified atom stereocenters. The summed E-state index contributed by atoms with van der Waals surface area (Å²) in [6, 6.07) is 0. The number of anilines is 2. The number of hydrogen-bond donors (Lipinski definition) is 12. The molecule has 0 saturated heterocycles. The monoisotopic (exact) mass is 1270 g/mol. The number of carbonyl (C=O) groups excluding carboxylic acids is 6. The second-order valence-corrected chi connectivity index (χ2v) is 16.4. The summed E-state index contributed by atoms with van der Waals surface area (Å²) in [6.07, 6.45) is -3.00. The summed E-state index contributed by atoms with van der Waals surface area (Å²) < 4.78 is -0.276. The van der Waals surface area contributed by atoms with Crippen molar-refractivity contribution in [3.63, 3.8) is 0 Å². The standard InChI is InChI=1S/C34H44I4N6O14/c1-15(51)43(11-17(53)13-49)29-25(35)21(31(55)39-3-7-45)19(22(26(29)36)32(56)40-4-8-46)20-23(33(57)41-5-9-47)27(37)30(44(16(2)52)12-18(54)14-50)28(38)24(20)34(58)42-6-10-48/h17-18,45-50,53-54H,3-14H2,1-2H3,(H,39,55)(H,40,56)(H,41,57)(H,42,58). The lowest BCUT2D eigenvalue weighted by atomic mass is 9.85. The molecule has 0 aliphatic carbocycles. The first-order valence-corrected chi connectivity index (χ1v) is 21.5. The fourth-order valence-corrected chi connectivity index (χ4v) is 10.8. The Labute approximate surface area is 387 Å². The summed E-state index contributed by atoms with van der Waals surface area (Å²) in [5.74, 6) is -5.33. The topological polar surface area (TPSA) is 319 Å². The van der Waals surface area contributed by atoms with E-state index in [0.29, 0.717) is 0 Å². The minimum Gasteiger partial charge on any atom is -0.395 e. The summed E-state index contributed by atoms with van der Waals surface area (Å²) in [5, 5.41) is 89.2. The number of amides is 6. The van der Waals surface area contributed by atoms with E-state index in [1.165, 1.54) is 0 Å². The number of rotatable bonds is 21. The molecular weight excluding hydrogens is 1220 g/mol. The highest BCUT2D eigenvalue weighted by Crippen LogP contribution is 2.48. The maximum absolute atomic E-state index is 14.5. The summed E-state index contributed by atoms with van der Waals surface area (Å²) >= 11 is 6.85. The minimum atomic E-state index is -1.50. The second-order valence-electron chi connectivity index (χ2n) is 12.1. The number of nitrogens with zero attached hydrogens (tertiary/aromatic N) is 2. The zero-order chi connectivity index (χ0) is 44.0. The number of carbonyl (C=O) groups is 6. The van der Waals surface area contributed by atoms with E-state index < -0.39 is 123 Å². The number of aliphatic hydroxyl groups excluding tert-OH is 8. The molecule has 0 aromatic heterocycles. The van der Waals surface area contributed by atoms with Gasteiger partial charge in [0.1, 0.15) is 0 Å². The van der Waals surface area contributed by atoms with E-state index in [-0.39, 0.29) is 63.0 Å². The van der Waals surface area contributed by atoms with Gasteiger partial charge in [-0.05, 0) is 90.4 Å². The number of benzene rings is 2. The molecule has 0 radical (unpaired) electrons. The molecule has 0 saturated carbocycles. The van der Waals surface area contributed by atoms with E-state index in [0.717, 1.165) is 23.6 Å². The Bertz CT molecular complexity index is 1640. The highest BCUT2D eigenvalue weighted by Gasteiger charge is 2.40. The number of hydrogen-bond acceptors (Lipinski definition) is 14. The first kappa shape index (κ1) is 52.0. The Balaban J connectivity index is 3.70. The number of halogens is 4. The third kappa shape index (κ3) is 12.5. The van der Waals surface area contributed by atoms with Crippen LogP contribution in [0.25, 0.3) is 11.1 Å². The number of aliphatic hydroxyl groups is 8. The molecule has 0 aliphatic heterocycles. The van der Waals surface area contributed by atoms with Crippen LogP contribution < -0.4 is 31.1 Å². The molecule has 2 aromatic carbocycles. The van der Waals surface area contributed by atoms with Crippen LogP contribution in [0.5, 0.6) is 0 Å². The molecule has 0 spiro atoms. The average Bonchev–Trinajstić information content (AvgIpc) is 3.18. The quantitative estimate of drug-likeness (QED) is 0.0607. The van der Waals surface area contributed by atoms with Crippen LogP contribution in [0.3, 0.4) is 0 Å². The predicted octanol–water partition coefficient (Wildman–Crippen LogP) is -1.93. The highest BCUT2D eigenvalue weighted by atomic mass is 127. The first-order chi connectivity index (χ1) is 27.4. The maximum Gasteiger partial charge on any atom is 0.253 e. The maximum atomic E-state index is 14.5. The van der Waals surface area contributed by atoms with Crippen LogP contribution in [0.2, 0.25) is 0 Å². The average molecular weight is 1270 g/mol. The van der Waals surface area contributed by atoms with Crippen LogP contribution in [0.1, 0.15) is 55.3 Å². The van der Waals surface area contributed by atoms with Gasteiger partial charge in [-0.1, -0.05) is 0 Å². The van der Waals surface area contributed by atoms with Gasteiger partial charge >= 0.3 is 0 Å². The van der Waals surface area contributed by atoms with Crippen molar-refractivity contribution in [3.05, 3.63) is 36.5 Å². The van der Waals surface area contributed by atoms with Gasteiger partial charge in [-0.3, -0.25) is 28.8 Å². The van der Waals surface area contributed by atoms with Gasteiger partial charge in [0, 0.05) is 51.2 Å². The molecule has 20 nitrogen and oxygen atoms in total. The third-order valence-electron chi connectivity index (χ3n) is 7.97. The SMILES string of the molecule is CC(=O)N(CC(O)CO)c1c(I)c(C(=O)NCCO)c(-c2c(C(=O)NCCO)c(I)c(N(CC(O)CO)C(C)=O)c(I)c2C(=O)NCCO)c(C(=O)NCCO)c1I. The van der Waals surface area contributed by atoms with Gasteiger partial charge in [0.25, 0.3) is 23.6 Å². The lowest BCUT2D eigenvalue weighted by Gasteiger charge is -2.32. The normalized spacial score (nSPS) is 12.0. The summed E-state index contributed by atoms with van der Waals surface area (Å²) in [5.41, 5.74) is -2.66. The Hall–Kier alpha value is -2.14. The largest absolute Gasteiger partial charge is 0.395 e. The Morgan fingerprint density at radius 1 is 0.483 bits per heavy atom. The van der Waals surface area contributed by atoms with Gasteiger partial charge in [-0.15, -0.1) is 0 Å². The van der Waals surface area contributed by atoms with Crippen molar-refractivity contribution in [1.29, 1.82) is 0 Å². The molecule has 0 heterocycles. The second kappa shape index (κ2) is 25.0. The van der Waals surface area contributed by atoms with Crippen molar-refractivity contribution in [1.82, 2.24) is 21.3 Å². The van der Waals surface area contributed by atoms with Gasteiger partial charge < -0.3 is 71.9 Å². The van der Waals surface area contributed by atoms with Crippen molar-refractivity contribution in [2.75, 3.05) is 88.7 Å². The molecule has 6 amide bonds. The fourth-order valence-electron chi connectivity index (χ4n) is 5.50. The van der Waals surface area contributed by atoms with E-state index in [1.54, 1.807) is 90.4 Å². The molecule has 0 aliphatic rings.